The van der Waals surface area contributed by atoms with E-state index in [9.17, 15) is 9.90 Å². The quantitative estimate of drug-likeness (QED) is 0.800. The zero-order valence-corrected chi connectivity index (χ0v) is 13.2. The molecule has 122 valence electrons. The summed E-state index contributed by atoms with van der Waals surface area (Å²) in [5.74, 6) is -0.236. The van der Waals surface area contributed by atoms with Crippen LogP contribution in [0.25, 0.3) is 6.08 Å². The normalized spacial score (nSPS) is 12.4. The van der Waals surface area contributed by atoms with Gasteiger partial charge in [0.15, 0.2) is 0 Å². The zero-order chi connectivity index (χ0) is 16.5. The van der Waals surface area contributed by atoms with E-state index in [4.69, 9.17) is 0 Å². The first-order valence-electron chi connectivity index (χ1n) is 7.64. The maximum absolute atomic E-state index is 12.5. The average Bonchev–Trinajstić information content (AvgIpc) is 3.07. The predicted molar refractivity (Wildman–Crippen MR) is 88.3 cm³/mol. The molecule has 1 heterocycles. The molecule has 1 N–H and O–H groups in total. The lowest BCUT2D eigenvalue weighted by molar-refractivity contribution is -0.135. The van der Waals surface area contributed by atoms with Crippen LogP contribution in [0.5, 0.6) is 0 Å². The molecular formula is C17H22N4O2. The van der Waals surface area contributed by atoms with Crippen molar-refractivity contribution in [3.63, 3.8) is 0 Å². The predicted octanol–water partition coefficient (Wildman–Crippen LogP) is 1.45. The number of aliphatic hydroxyl groups excluding tert-OH is 1. The first-order chi connectivity index (χ1) is 11.2. The van der Waals surface area contributed by atoms with Gasteiger partial charge in [-0.2, -0.15) is 5.10 Å². The average molecular weight is 314 g/mol. The topological polar surface area (TPSA) is 71.2 Å². The van der Waals surface area contributed by atoms with E-state index >= 15 is 0 Å². The molecule has 1 aromatic heterocycles. The van der Waals surface area contributed by atoms with Crippen LogP contribution in [0.1, 0.15) is 12.5 Å². The highest BCUT2D eigenvalue weighted by molar-refractivity contribution is 5.78. The lowest BCUT2D eigenvalue weighted by Gasteiger charge is -2.23. The fourth-order valence-corrected chi connectivity index (χ4v) is 2.29. The van der Waals surface area contributed by atoms with Crippen molar-refractivity contribution in [1.29, 1.82) is 0 Å². The van der Waals surface area contributed by atoms with E-state index in [1.807, 2.05) is 49.4 Å². The third kappa shape index (κ3) is 5.34. The summed E-state index contributed by atoms with van der Waals surface area (Å²) in [5.41, 5.74) is 1.08. The van der Waals surface area contributed by atoms with Crippen LogP contribution < -0.4 is 0 Å². The monoisotopic (exact) mass is 314 g/mol. The molecule has 1 amide bonds. The molecule has 0 fully saturated rings. The molecular weight excluding hydrogens is 292 g/mol. The van der Waals surface area contributed by atoms with Crippen LogP contribution in [0.4, 0.5) is 0 Å². The summed E-state index contributed by atoms with van der Waals surface area (Å²) in [7, 11) is 0. The minimum absolute atomic E-state index is 0.00717. The van der Waals surface area contributed by atoms with Crippen LogP contribution in [0, 0.1) is 5.92 Å². The second-order valence-corrected chi connectivity index (χ2v) is 5.34. The van der Waals surface area contributed by atoms with E-state index in [-0.39, 0.29) is 18.4 Å². The Morgan fingerprint density at radius 3 is 2.83 bits per heavy atom. The van der Waals surface area contributed by atoms with Crippen molar-refractivity contribution in [2.45, 2.75) is 13.5 Å². The van der Waals surface area contributed by atoms with E-state index in [0.29, 0.717) is 19.6 Å². The summed E-state index contributed by atoms with van der Waals surface area (Å²) in [6, 6.07) is 9.90. The zero-order valence-electron chi connectivity index (χ0n) is 13.2. The molecule has 1 atom stereocenters. The van der Waals surface area contributed by atoms with Gasteiger partial charge < -0.3 is 10.0 Å². The van der Waals surface area contributed by atoms with Crippen LogP contribution in [-0.2, 0) is 11.3 Å². The molecule has 0 radical (unpaired) electrons. The summed E-state index contributed by atoms with van der Waals surface area (Å²) in [6.07, 6.45) is 6.95. The third-order valence-electron chi connectivity index (χ3n) is 3.47. The molecule has 0 aliphatic carbocycles. The molecule has 2 rings (SSSR count). The SMILES string of the molecule is CC(Cn1cncn1)C(=O)N(CC=Cc1ccccc1)CCO. The first kappa shape index (κ1) is 16.9. The van der Waals surface area contributed by atoms with Crippen molar-refractivity contribution in [2.75, 3.05) is 19.7 Å². The van der Waals surface area contributed by atoms with Crippen molar-refractivity contribution in [3.05, 3.63) is 54.6 Å². The van der Waals surface area contributed by atoms with E-state index in [1.165, 1.54) is 6.33 Å². The van der Waals surface area contributed by atoms with Gasteiger partial charge in [-0.1, -0.05) is 49.4 Å². The minimum atomic E-state index is -0.228. The van der Waals surface area contributed by atoms with Gasteiger partial charge in [-0.3, -0.25) is 9.48 Å². The molecule has 1 unspecified atom stereocenters. The maximum Gasteiger partial charge on any atom is 0.227 e. The Balaban J connectivity index is 1.93. The Kier molecular flexibility index (Phi) is 6.50. The van der Waals surface area contributed by atoms with Gasteiger partial charge in [0.05, 0.1) is 19.1 Å². The maximum atomic E-state index is 12.5. The number of rotatable bonds is 8. The molecule has 0 aliphatic heterocycles. The number of carbonyl (C=O) groups excluding carboxylic acids is 1. The second-order valence-electron chi connectivity index (χ2n) is 5.34. The van der Waals surface area contributed by atoms with Gasteiger partial charge in [0.1, 0.15) is 12.7 Å². The lowest BCUT2D eigenvalue weighted by atomic mass is 10.1. The molecule has 6 heteroatoms. The standard InChI is InChI=1S/C17H22N4O2/c1-15(12-21-14-18-13-19-21)17(23)20(10-11-22)9-5-8-16-6-3-2-4-7-16/h2-8,13-15,22H,9-12H2,1H3. The third-order valence-corrected chi connectivity index (χ3v) is 3.47. The van der Waals surface area contributed by atoms with Gasteiger partial charge in [-0.05, 0) is 5.56 Å². The van der Waals surface area contributed by atoms with Crippen molar-refractivity contribution in [2.24, 2.45) is 5.92 Å². The number of hydrogen-bond acceptors (Lipinski definition) is 4. The number of nitrogens with zero attached hydrogens (tertiary/aromatic N) is 4. The Bertz CT molecular complexity index is 611. The summed E-state index contributed by atoms with van der Waals surface area (Å²) in [6.45, 7) is 3.06. The number of carbonyl (C=O) groups is 1. The Morgan fingerprint density at radius 2 is 2.17 bits per heavy atom. The molecule has 0 saturated carbocycles. The largest absolute Gasteiger partial charge is 0.395 e. The number of hydrogen-bond donors (Lipinski definition) is 1. The fourth-order valence-electron chi connectivity index (χ4n) is 2.29. The molecule has 2 aromatic rings. The van der Waals surface area contributed by atoms with Crippen LogP contribution in [-0.4, -0.2) is 50.4 Å². The van der Waals surface area contributed by atoms with Crippen LogP contribution >= 0.6 is 0 Å². The Morgan fingerprint density at radius 1 is 1.39 bits per heavy atom. The van der Waals surface area contributed by atoms with Gasteiger partial charge in [-0.15, -0.1) is 0 Å². The van der Waals surface area contributed by atoms with E-state index in [0.717, 1.165) is 5.56 Å². The van der Waals surface area contributed by atoms with Crippen molar-refractivity contribution >= 4 is 12.0 Å². The van der Waals surface area contributed by atoms with Gasteiger partial charge in [-0.25, -0.2) is 4.98 Å². The molecule has 0 aliphatic rings. The summed E-state index contributed by atoms with van der Waals surface area (Å²) < 4.78 is 1.64. The molecule has 0 bridgehead atoms. The van der Waals surface area contributed by atoms with Gasteiger partial charge in [0.25, 0.3) is 0 Å². The van der Waals surface area contributed by atoms with Gasteiger partial charge >= 0.3 is 0 Å². The first-order valence-corrected chi connectivity index (χ1v) is 7.64. The summed E-state index contributed by atoms with van der Waals surface area (Å²) in [4.78, 5) is 18.0. The highest BCUT2D eigenvalue weighted by Gasteiger charge is 2.20. The van der Waals surface area contributed by atoms with E-state index < -0.39 is 0 Å². The van der Waals surface area contributed by atoms with Crippen molar-refractivity contribution < 1.29 is 9.90 Å². The number of amides is 1. The number of aliphatic hydroxyl groups is 1. The molecule has 0 spiro atoms. The summed E-state index contributed by atoms with van der Waals surface area (Å²) >= 11 is 0. The van der Waals surface area contributed by atoms with Gasteiger partial charge in [0.2, 0.25) is 5.91 Å². The lowest BCUT2D eigenvalue weighted by Crippen LogP contribution is -2.38. The summed E-state index contributed by atoms with van der Waals surface area (Å²) in [5, 5.41) is 13.2. The Hall–Kier alpha value is -2.47. The van der Waals surface area contributed by atoms with Crippen molar-refractivity contribution in [1.82, 2.24) is 19.7 Å². The number of aromatic nitrogens is 3. The fraction of sp³-hybridized carbons (Fsp3) is 0.353. The van der Waals surface area contributed by atoms with Crippen LogP contribution in [0.15, 0.2) is 49.1 Å². The van der Waals surface area contributed by atoms with Crippen LogP contribution in [0.3, 0.4) is 0 Å². The molecule has 1 aromatic carbocycles. The van der Waals surface area contributed by atoms with E-state index in [2.05, 4.69) is 10.1 Å². The highest BCUT2D eigenvalue weighted by Crippen LogP contribution is 2.07. The second kappa shape index (κ2) is 8.85. The minimum Gasteiger partial charge on any atom is -0.395 e. The van der Waals surface area contributed by atoms with Crippen LogP contribution in [0.2, 0.25) is 0 Å². The molecule has 23 heavy (non-hydrogen) atoms. The highest BCUT2D eigenvalue weighted by atomic mass is 16.3. The molecule has 6 nitrogen and oxygen atoms in total. The van der Waals surface area contributed by atoms with E-state index in [1.54, 1.807) is 15.9 Å². The van der Waals surface area contributed by atoms with Crippen molar-refractivity contribution in [3.8, 4) is 0 Å². The molecule has 0 saturated heterocycles. The van der Waals surface area contributed by atoms with Gasteiger partial charge in [0, 0.05) is 13.1 Å². The number of benzene rings is 1. The Labute approximate surface area is 136 Å². The smallest absolute Gasteiger partial charge is 0.227 e.